The van der Waals surface area contributed by atoms with Crippen molar-refractivity contribution in [1.82, 2.24) is 4.90 Å². The quantitative estimate of drug-likeness (QED) is 0.786. The average molecular weight is 436 g/mol. The Hall–Kier alpha value is -2.19. The molecule has 1 fully saturated rings. The van der Waals surface area contributed by atoms with Crippen molar-refractivity contribution < 1.29 is 14.0 Å². The van der Waals surface area contributed by atoms with Crippen molar-refractivity contribution in [3.05, 3.63) is 58.8 Å². The number of amidine groups is 1. The summed E-state index contributed by atoms with van der Waals surface area (Å²) in [6.45, 7) is 0. The van der Waals surface area contributed by atoms with Crippen LogP contribution in [0.3, 0.4) is 0 Å². The molecule has 0 spiro atoms. The van der Waals surface area contributed by atoms with E-state index < -0.39 is 17.0 Å². The number of para-hydroxylation sites is 1. The van der Waals surface area contributed by atoms with Gasteiger partial charge < -0.3 is 5.32 Å². The molecule has 2 aromatic rings. The molecule has 1 aliphatic heterocycles. The lowest BCUT2D eigenvalue weighted by Crippen LogP contribution is -2.43. The number of halogens is 2. The summed E-state index contributed by atoms with van der Waals surface area (Å²) in [5, 5.41) is 2.29. The zero-order valence-electron chi connectivity index (χ0n) is 13.8. The van der Waals surface area contributed by atoms with Gasteiger partial charge in [-0.15, -0.1) is 0 Å². The molecule has 26 heavy (non-hydrogen) atoms. The molecular formula is C18H15BrFN3O2S. The molecule has 0 aromatic heterocycles. The van der Waals surface area contributed by atoms with Crippen LogP contribution in [-0.4, -0.2) is 34.2 Å². The molecule has 1 saturated heterocycles. The number of anilines is 1. The number of aliphatic imine (C=N–C) groups is 1. The highest BCUT2D eigenvalue weighted by molar-refractivity contribution is 9.10. The van der Waals surface area contributed by atoms with Crippen LogP contribution in [-0.2, 0) is 9.59 Å². The number of carbonyl (C=O) groups is 2. The fourth-order valence-electron chi connectivity index (χ4n) is 2.30. The number of carbonyl (C=O) groups excluding carboxylic acids is 2. The van der Waals surface area contributed by atoms with Crippen molar-refractivity contribution in [3.63, 3.8) is 0 Å². The minimum atomic E-state index is -0.674. The SMILES string of the molecule is CN1C(=O)CC(C(=O)Nc2ccccc2F)SC1=Nc1ccc(Br)cc1. The fourth-order valence-corrected chi connectivity index (χ4v) is 3.63. The van der Waals surface area contributed by atoms with E-state index in [9.17, 15) is 14.0 Å². The molecule has 8 heteroatoms. The summed E-state index contributed by atoms with van der Waals surface area (Å²) < 4.78 is 14.6. The van der Waals surface area contributed by atoms with Gasteiger partial charge in [-0.1, -0.05) is 39.8 Å². The molecule has 3 rings (SSSR count). The first-order valence-electron chi connectivity index (χ1n) is 7.77. The lowest BCUT2D eigenvalue weighted by Gasteiger charge is -2.28. The van der Waals surface area contributed by atoms with Crippen molar-refractivity contribution in [3.8, 4) is 0 Å². The standard InChI is InChI=1S/C18H15BrFN3O2S/c1-23-16(24)10-15(17(25)22-14-5-3-2-4-13(14)20)26-18(23)21-12-8-6-11(19)7-9-12/h2-9,15H,10H2,1H3,(H,22,25). The zero-order valence-corrected chi connectivity index (χ0v) is 16.2. The predicted octanol–water partition coefficient (Wildman–Crippen LogP) is 4.18. The minimum Gasteiger partial charge on any atom is -0.323 e. The first-order valence-corrected chi connectivity index (χ1v) is 9.44. The summed E-state index contributed by atoms with van der Waals surface area (Å²) in [6, 6.07) is 13.2. The number of nitrogens with one attached hydrogen (secondary N) is 1. The molecule has 1 atom stereocenters. The number of hydrogen-bond donors (Lipinski definition) is 1. The van der Waals surface area contributed by atoms with Crippen LogP contribution in [0.2, 0.25) is 0 Å². The Morgan fingerprint density at radius 1 is 1.27 bits per heavy atom. The molecule has 1 aliphatic rings. The lowest BCUT2D eigenvalue weighted by atomic mass is 10.2. The monoisotopic (exact) mass is 435 g/mol. The predicted molar refractivity (Wildman–Crippen MR) is 105 cm³/mol. The topological polar surface area (TPSA) is 61.8 Å². The first-order chi connectivity index (χ1) is 12.4. The second kappa shape index (κ2) is 8.01. The zero-order chi connectivity index (χ0) is 18.7. The third-order valence-electron chi connectivity index (χ3n) is 3.74. The highest BCUT2D eigenvalue weighted by Gasteiger charge is 2.34. The number of rotatable bonds is 3. The maximum absolute atomic E-state index is 13.7. The van der Waals surface area contributed by atoms with E-state index >= 15 is 0 Å². The molecule has 1 heterocycles. The minimum absolute atomic E-state index is 0.0286. The van der Waals surface area contributed by atoms with Crippen LogP contribution in [0, 0.1) is 5.82 Å². The van der Waals surface area contributed by atoms with Crippen molar-refractivity contribution in [2.75, 3.05) is 12.4 Å². The normalized spacial score (nSPS) is 18.9. The van der Waals surface area contributed by atoms with E-state index in [1.54, 1.807) is 31.3 Å². The van der Waals surface area contributed by atoms with Crippen LogP contribution in [0.25, 0.3) is 0 Å². The maximum Gasteiger partial charge on any atom is 0.238 e. The van der Waals surface area contributed by atoms with Gasteiger partial charge in [-0.2, -0.15) is 0 Å². The van der Waals surface area contributed by atoms with Crippen molar-refractivity contribution in [1.29, 1.82) is 0 Å². The summed E-state index contributed by atoms with van der Waals surface area (Å²) in [7, 11) is 1.62. The van der Waals surface area contributed by atoms with E-state index in [4.69, 9.17) is 0 Å². The molecule has 0 saturated carbocycles. The van der Waals surface area contributed by atoms with Gasteiger partial charge in [0.25, 0.3) is 0 Å². The molecule has 134 valence electrons. The summed E-state index contributed by atoms with van der Waals surface area (Å²) in [4.78, 5) is 30.6. The van der Waals surface area contributed by atoms with Crippen LogP contribution in [0.1, 0.15) is 6.42 Å². The Bertz CT molecular complexity index is 873. The number of hydrogen-bond acceptors (Lipinski definition) is 4. The highest BCUT2D eigenvalue weighted by Crippen LogP contribution is 2.29. The van der Waals surface area contributed by atoms with Crippen LogP contribution in [0.5, 0.6) is 0 Å². The van der Waals surface area contributed by atoms with Crippen LogP contribution in [0.4, 0.5) is 15.8 Å². The first kappa shape index (κ1) is 18.6. The maximum atomic E-state index is 13.7. The molecule has 0 radical (unpaired) electrons. The number of benzene rings is 2. The fraction of sp³-hybridized carbons (Fsp3) is 0.167. The Morgan fingerprint density at radius 2 is 1.96 bits per heavy atom. The smallest absolute Gasteiger partial charge is 0.238 e. The third-order valence-corrected chi connectivity index (χ3v) is 5.51. The molecule has 2 amide bonds. The van der Waals surface area contributed by atoms with Gasteiger partial charge in [-0.05, 0) is 36.4 Å². The molecule has 2 aromatic carbocycles. The molecular weight excluding hydrogens is 421 g/mol. The Morgan fingerprint density at radius 3 is 2.65 bits per heavy atom. The van der Waals surface area contributed by atoms with E-state index in [2.05, 4.69) is 26.2 Å². The summed E-state index contributed by atoms with van der Waals surface area (Å²) in [5.41, 5.74) is 0.765. The van der Waals surface area contributed by atoms with Gasteiger partial charge in [0, 0.05) is 17.9 Å². The van der Waals surface area contributed by atoms with Gasteiger partial charge in [0.05, 0.1) is 11.4 Å². The van der Waals surface area contributed by atoms with Gasteiger partial charge in [0.1, 0.15) is 11.1 Å². The second-order valence-electron chi connectivity index (χ2n) is 5.60. The summed E-state index contributed by atoms with van der Waals surface area (Å²) in [5.74, 6) is -1.16. The van der Waals surface area contributed by atoms with Crippen LogP contribution >= 0.6 is 27.7 Å². The van der Waals surface area contributed by atoms with Crippen molar-refractivity contribution in [2.24, 2.45) is 4.99 Å². The summed E-state index contributed by atoms with van der Waals surface area (Å²) in [6.07, 6.45) is 0.0286. The Labute approximate surface area is 162 Å². The average Bonchev–Trinajstić information content (AvgIpc) is 2.62. The highest BCUT2D eigenvalue weighted by atomic mass is 79.9. The Kier molecular flexibility index (Phi) is 5.73. The van der Waals surface area contributed by atoms with E-state index in [-0.39, 0.29) is 18.0 Å². The second-order valence-corrected chi connectivity index (χ2v) is 7.69. The number of nitrogens with zero attached hydrogens (tertiary/aromatic N) is 2. The summed E-state index contributed by atoms with van der Waals surface area (Å²) >= 11 is 4.54. The van der Waals surface area contributed by atoms with Crippen molar-refractivity contribution >= 4 is 56.0 Å². The molecule has 0 bridgehead atoms. The van der Waals surface area contributed by atoms with Gasteiger partial charge in [0.15, 0.2) is 5.17 Å². The third kappa shape index (κ3) is 4.31. The van der Waals surface area contributed by atoms with E-state index in [1.807, 2.05) is 12.1 Å². The van der Waals surface area contributed by atoms with Gasteiger partial charge >= 0.3 is 0 Å². The van der Waals surface area contributed by atoms with Crippen LogP contribution < -0.4 is 5.32 Å². The number of thioether (sulfide) groups is 1. The number of amides is 2. The van der Waals surface area contributed by atoms with Crippen molar-refractivity contribution in [2.45, 2.75) is 11.7 Å². The van der Waals surface area contributed by atoms with Gasteiger partial charge in [0.2, 0.25) is 11.8 Å². The molecule has 1 N–H and O–H groups in total. The van der Waals surface area contributed by atoms with E-state index in [0.717, 1.165) is 4.47 Å². The van der Waals surface area contributed by atoms with E-state index in [0.29, 0.717) is 10.9 Å². The lowest BCUT2D eigenvalue weighted by molar-refractivity contribution is -0.128. The molecule has 1 unspecified atom stereocenters. The van der Waals surface area contributed by atoms with Gasteiger partial charge in [-0.25, -0.2) is 9.38 Å². The van der Waals surface area contributed by atoms with E-state index in [1.165, 1.54) is 28.8 Å². The molecule has 5 nitrogen and oxygen atoms in total. The van der Waals surface area contributed by atoms with Gasteiger partial charge in [-0.3, -0.25) is 14.5 Å². The largest absolute Gasteiger partial charge is 0.323 e. The van der Waals surface area contributed by atoms with Crippen LogP contribution in [0.15, 0.2) is 58.0 Å². The Balaban J connectivity index is 1.79. The molecule has 0 aliphatic carbocycles.